The number of carbonyl (C=O) groups excluding carboxylic acids is 2. The Morgan fingerprint density at radius 2 is 1.92 bits per heavy atom. The van der Waals surface area contributed by atoms with Crippen LogP contribution in [0.15, 0.2) is 12.1 Å². The third-order valence-corrected chi connectivity index (χ3v) is 5.14. The molecule has 25 heavy (non-hydrogen) atoms. The Hall–Kier alpha value is -2.34. The second-order valence-corrected chi connectivity index (χ2v) is 6.79. The van der Waals surface area contributed by atoms with Gasteiger partial charge in [-0.3, -0.25) is 4.79 Å². The van der Waals surface area contributed by atoms with Gasteiger partial charge in [0.1, 0.15) is 11.7 Å². The van der Waals surface area contributed by atoms with E-state index in [2.05, 4.69) is 4.98 Å². The molecule has 3 rings (SSSR count). The average molecular weight is 344 g/mol. The first-order valence-electron chi connectivity index (χ1n) is 8.50. The molecule has 0 bridgehead atoms. The quantitative estimate of drug-likeness (QED) is 0.819. The van der Waals surface area contributed by atoms with Crippen molar-refractivity contribution in [2.75, 3.05) is 13.7 Å². The van der Waals surface area contributed by atoms with Gasteiger partial charge in [-0.2, -0.15) is 0 Å². The number of rotatable bonds is 2. The minimum Gasteiger partial charge on any atom is -0.467 e. The maximum atomic E-state index is 13.2. The number of aliphatic hydroxyl groups is 1. The molecule has 1 aliphatic rings. The molecule has 0 aliphatic carbocycles. The Balaban J connectivity index is 2.04. The van der Waals surface area contributed by atoms with Gasteiger partial charge in [-0.05, 0) is 43.9 Å². The Bertz CT molecular complexity index is 840. The molecule has 1 amide bonds. The monoisotopic (exact) mass is 344 g/mol. The molecular formula is C19H24N2O4. The van der Waals surface area contributed by atoms with Crippen LogP contribution in [0.5, 0.6) is 0 Å². The minimum atomic E-state index is -0.755. The molecule has 0 radical (unpaired) electrons. The minimum absolute atomic E-state index is 0.204. The molecule has 2 aromatic rings. The molecule has 1 aromatic heterocycles. The maximum absolute atomic E-state index is 13.2. The first-order valence-corrected chi connectivity index (χ1v) is 8.50. The second-order valence-electron chi connectivity index (χ2n) is 6.79. The number of ether oxygens (including phenoxy) is 1. The largest absolute Gasteiger partial charge is 0.467 e. The van der Waals surface area contributed by atoms with Crippen LogP contribution in [0.2, 0.25) is 0 Å². The van der Waals surface area contributed by atoms with E-state index < -0.39 is 18.1 Å². The average Bonchev–Trinajstić information content (AvgIpc) is 2.95. The molecule has 1 aromatic carbocycles. The summed E-state index contributed by atoms with van der Waals surface area (Å²) in [6, 6.07) is 3.31. The fourth-order valence-corrected chi connectivity index (χ4v) is 3.71. The predicted octanol–water partition coefficient (Wildman–Crippen LogP) is 2.23. The molecule has 0 unspecified atom stereocenters. The highest BCUT2D eigenvalue weighted by Crippen LogP contribution is 2.30. The highest BCUT2D eigenvalue weighted by atomic mass is 16.5. The number of amides is 1. The number of nitrogens with zero attached hydrogens (tertiary/aromatic N) is 1. The summed E-state index contributed by atoms with van der Waals surface area (Å²) in [4.78, 5) is 30.0. The van der Waals surface area contributed by atoms with Crippen LogP contribution in [-0.2, 0) is 9.53 Å². The zero-order chi connectivity index (χ0) is 18.3. The summed E-state index contributed by atoms with van der Waals surface area (Å²) in [6.07, 6.45) is 0.0632. The van der Waals surface area contributed by atoms with E-state index in [-0.39, 0.29) is 12.3 Å². The number of piperidine rings is 1. The first-order chi connectivity index (χ1) is 11.8. The fourth-order valence-electron chi connectivity index (χ4n) is 3.71. The summed E-state index contributed by atoms with van der Waals surface area (Å²) in [5, 5.41) is 10.9. The number of carbonyl (C=O) groups is 2. The molecule has 6 nitrogen and oxygen atoms in total. The second kappa shape index (κ2) is 6.52. The number of aromatic amines is 1. The number of aliphatic hydroxyl groups excluding tert-OH is 1. The summed E-state index contributed by atoms with van der Waals surface area (Å²) in [7, 11) is 1.30. The first kappa shape index (κ1) is 17.5. The van der Waals surface area contributed by atoms with E-state index >= 15 is 0 Å². The zero-order valence-corrected chi connectivity index (χ0v) is 15.0. The summed E-state index contributed by atoms with van der Waals surface area (Å²) in [5.74, 6) is -0.719. The number of aromatic nitrogens is 1. The van der Waals surface area contributed by atoms with E-state index in [0.717, 1.165) is 27.6 Å². The van der Waals surface area contributed by atoms with Gasteiger partial charge in [0.25, 0.3) is 5.91 Å². The highest BCUT2D eigenvalue weighted by Gasteiger charge is 2.37. The molecule has 1 fully saturated rings. The van der Waals surface area contributed by atoms with Gasteiger partial charge >= 0.3 is 5.97 Å². The van der Waals surface area contributed by atoms with Gasteiger partial charge in [-0.1, -0.05) is 12.1 Å². The number of methoxy groups -OCH3 is 1. The van der Waals surface area contributed by atoms with E-state index in [0.29, 0.717) is 18.7 Å². The lowest BCUT2D eigenvalue weighted by molar-refractivity contribution is -0.148. The number of H-pyrrole nitrogens is 1. The molecule has 0 saturated carbocycles. The van der Waals surface area contributed by atoms with Gasteiger partial charge in [0.05, 0.1) is 13.2 Å². The Morgan fingerprint density at radius 3 is 2.56 bits per heavy atom. The van der Waals surface area contributed by atoms with E-state index in [9.17, 15) is 14.7 Å². The molecule has 2 atom stereocenters. The summed E-state index contributed by atoms with van der Waals surface area (Å²) in [6.45, 7) is 6.27. The van der Waals surface area contributed by atoms with Gasteiger partial charge < -0.3 is 19.7 Å². The standard InChI is InChI=1S/C19H24N2O4/c1-10-5-6-11(2)16-15(10)12(3)17(20-16)18(23)21-8-7-13(22)9-14(21)19(24)25-4/h5-6,13-14,20,22H,7-9H2,1-4H3/t13-,14+/m1/s1. The Morgan fingerprint density at radius 1 is 1.24 bits per heavy atom. The Kier molecular flexibility index (Phi) is 4.56. The lowest BCUT2D eigenvalue weighted by atomic mass is 9.98. The topological polar surface area (TPSA) is 82.6 Å². The number of nitrogens with one attached hydrogen (secondary N) is 1. The van der Waals surface area contributed by atoms with E-state index in [4.69, 9.17) is 4.74 Å². The van der Waals surface area contributed by atoms with Crippen LogP contribution in [0.4, 0.5) is 0 Å². The smallest absolute Gasteiger partial charge is 0.328 e. The van der Waals surface area contributed by atoms with Crippen LogP contribution in [0.25, 0.3) is 10.9 Å². The van der Waals surface area contributed by atoms with Gasteiger partial charge in [0, 0.05) is 23.9 Å². The molecular weight excluding hydrogens is 320 g/mol. The van der Waals surface area contributed by atoms with Crippen molar-refractivity contribution in [2.45, 2.75) is 45.8 Å². The third-order valence-electron chi connectivity index (χ3n) is 5.14. The molecule has 1 saturated heterocycles. The molecule has 134 valence electrons. The van der Waals surface area contributed by atoms with Crippen molar-refractivity contribution >= 4 is 22.8 Å². The predicted molar refractivity (Wildman–Crippen MR) is 94.6 cm³/mol. The molecule has 6 heteroatoms. The van der Waals surface area contributed by atoms with E-state index in [1.807, 2.05) is 32.9 Å². The van der Waals surface area contributed by atoms with E-state index in [1.165, 1.54) is 12.0 Å². The van der Waals surface area contributed by atoms with E-state index in [1.54, 1.807) is 0 Å². The van der Waals surface area contributed by atoms with Gasteiger partial charge in [0.2, 0.25) is 0 Å². The van der Waals surface area contributed by atoms with Crippen molar-refractivity contribution in [3.8, 4) is 0 Å². The summed E-state index contributed by atoms with van der Waals surface area (Å²) < 4.78 is 4.83. The third kappa shape index (κ3) is 2.91. The van der Waals surface area contributed by atoms with Crippen LogP contribution in [0, 0.1) is 20.8 Å². The normalized spacial score (nSPS) is 20.8. The lowest BCUT2D eigenvalue weighted by Gasteiger charge is -2.35. The number of fused-ring (bicyclic) bond motifs is 1. The number of likely N-dealkylation sites (tertiary alicyclic amines) is 1. The van der Waals surface area contributed by atoms with Crippen molar-refractivity contribution in [3.63, 3.8) is 0 Å². The molecule has 2 heterocycles. The zero-order valence-electron chi connectivity index (χ0n) is 15.0. The number of hydrogen-bond acceptors (Lipinski definition) is 4. The van der Waals surface area contributed by atoms with Gasteiger partial charge in [-0.15, -0.1) is 0 Å². The lowest BCUT2D eigenvalue weighted by Crippen LogP contribution is -2.52. The molecule has 2 N–H and O–H groups in total. The van der Waals surface area contributed by atoms with Crippen LogP contribution in [0.1, 0.15) is 40.0 Å². The van der Waals surface area contributed by atoms with Gasteiger partial charge in [-0.25, -0.2) is 4.79 Å². The van der Waals surface area contributed by atoms with Crippen molar-refractivity contribution in [1.29, 1.82) is 0 Å². The summed E-state index contributed by atoms with van der Waals surface area (Å²) in [5.41, 5.74) is 4.51. The van der Waals surface area contributed by atoms with Crippen molar-refractivity contribution in [2.24, 2.45) is 0 Å². The van der Waals surface area contributed by atoms with Crippen LogP contribution in [0.3, 0.4) is 0 Å². The van der Waals surface area contributed by atoms with Crippen molar-refractivity contribution < 1.29 is 19.4 Å². The number of aryl methyl sites for hydroxylation is 3. The van der Waals surface area contributed by atoms with Crippen molar-refractivity contribution in [3.05, 3.63) is 34.5 Å². The highest BCUT2D eigenvalue weighted by molar-refractivity contribution is 6.03. The number of benzene rings is 1. The Labute approximate surface area is 146 Å². The fraction of sp³-hybridized carbons (Fsp3) is 0.474. The SMILES string of the molecule is COC(=O)[C@@H]1C[C@H](O)CCN1C(=O)c1[nH]c2c(C)ccc(C)c2c1C. The number of hydrogen-bond donors (Lipinski definition) is 2. The van der Waals surface area contributed by atoms with Crippen LogP contribution in [-0.4, -0.2) is 52.7 Å². The number of esters is 1. The van der Waals surface area contributed by atoms with Crippen LogP contribution >= 0.6 is 0 Å². The molecule has 1 aliphatic heterocycles. The summed E-state index contributed by atoms with van der Waals surface area (Å²) >= 11 is 0. The van der Waals surface area contributed by atoms with Crippen molar-refractivity contribution in [1.82, 2.24) is 9.88 Å². The molecule has 0 spiro atoms. The maximum Gasteiger partial charge on any atom is 0.328 e. The van der Waals surface area contributed by atoms with Gasteiger partial charge in [0.15, 0.2) is 0 Å². The van der Waals surface area contributed by atoms with Crippen LogP contribution < -0.4 is 0 Å².